The van der Waals surface area contributed by atoms with E-state index >= 15 is 0 Å². The fourth-order valence-electron chi connectivity index (χ4n) is 1.46. The van der Waals surface area contributed by atoms with Crippen LogP contribution in [-0.4, -0.2) is 48.1 Å². The number of esters is 2. The van der Waals surface area contributed by atoms with Crippen molar-refractivity contribution in [3.63, 3.8) is 0 Å². The molecule has 0 aromatic heterocycles. The van der Waals surface area contributed by atoms with Gasteiger partial charge in [0.05, 0.1) is 25.9 Å². The first-order valence-corrected chi connectivity index (χ1v) is 5.64. The lowest BCUT2D eigenvalue weighted by molar-refractivity contribution is -0.185. The summed E-state index contributed by atoms with van der Waals surface area (Å²) in [7, 11) is 0. The summed E-state index contributed by atoms with van der Waals surface area (Å²) < 4.78 is 9.46. The smallest absolute Gasteiger partial charge is 0.328 e. The average molecular weight is 248 g/mol. The predicted octanol–water partition coefficient (Wildman–Crippen LogP) is -0.138. The van der Waals surface area contributed by atoms with Gasteiger partial charge in [0.1, 0.15) is 0 Å². The van der Waals surface area contributed by atoms with Crippen molar-refractivity contribution in [2.75, 3.05) is 19.8 Å². The highest BCUT2D eigenvalue weighted by atomic mass is 16.6. The van der Waals surface area contributed by atoms with Crippen molar-refractivity contribution >= 4 is 11.9 Å². The monoisotopic (exact) mass is 248 g/mol. The number of carbonyl (C=O) groups excluding carboxylic acids is 2. The van der Waals surface area contributed by atoms with E-state index in [0.717, 1.165) is 0 Å². The number of aliphatic hydroxyl groups excluding tert-OH is 2. The molecule has 6 heteroatoms. The molecule has 100 valence electrons. The molecule has 0 aliphatic rings. The molecule has 0 saturated heterocycles. The summed E-state index contributed by atoms with van der Waals surface area (Å²) in [5.41, 5.74) is -2.04. The standard InChI is InChI=1S/C11H20O6/c1-4-8(13)11(7-12,9(14)16-5-2)10(15)17-6-3/h8,12-13H,4-7H2,1-3H3. The first-order chi connectivity index (χ1) is 8.00. The van der Waals surface area contributed by atoms with Crippen molar-refractivity contribution in [3.8, 4) is 0 Å². The van der Waals surface area contributed by atoms with E-state index in [0.29, 0.717) is 0 Å². The average Bonchev–Trinajstić information content (AvgIpc) is 2.31. The molecule has 1 unspecified atom stereocenters. The van der Waals surface area contributed by atoms with E-state index in [2.05, 4.69) is 0 Å². The van der Waals surface area contributed by atoms with Crippen LogP contribution in [0.1, 0.15) is 27.2 Å². The maximum absolute atomic E-state index is 11.8. The van der Waals surface area contributed by atoms with Gasteiger partial charge in [0.2, 0.25) is 5.41 Å². The van der Waals surface area contributed by atoms with Crippen LogP contribution in [0.25, 0.3) is 0 Å². The number of hydrogen-bond donors (Lipinski definition) is 2. The summed E-state index contributed by atoms with van der Waals surface area (Å²) in [6.45, 7) is 3.99. The van der Waals surface area contributed by atoms with Crippen LogP contribution in [0.15, 0.2) is 0 Å². The Morgan fingerprint density at radius 3 is 1.76 bits per heavy atom. The molecule has 0 spiro atoms. The Labute approximate surface area is 101 Å². The van der Waals surface area contributed by atoms with Gasteiger partial charge in [0.15, 0.2) is 0 Å². The largest absolute Gasteiger partial charge is 0.465 e. The lowest BCUT2D eigenvalue weighted by Crippen LogP contribution is -2.53. The first kappa shape index (κ1) is 15.9. The molecule has 0 rings (SSSR count). The highest BCUT2D eigenvalue weighted by Gasteiger charge is 2.54. The second kappa shape index (κ2) is 7.24. The number of hydrogen-bond acceptors (Lipinski definition) is 6. The highest BCUT2D eigenvalue weighted by molar-refractivity contribution is 6.01. The van der Waals surface area contributed by atoms with E-state index in [9.17, 15) is 19.8 Å². The summed E-state index contributed by atoms with van der Waals surface area (Å²) in [5.74, 6) is -1.93. The zero-order chi connectivity index (χ0) is 13.5. The van der Waals surface area contributed by atoms with E-state index in [4.69, 9.17) is 9.47 Å². The summed E-state index contributed by atoms with van der Waals surface area (Å²) >= 11 is 0. The van der Waals surface area contributed by atoms with Gasteiger partial charge in [-0.05, 0) is 20.3 Å². The normalized spacial score (nSPS) is 13.0. The molecular formula is C11H20O6. The fourth-order valence-corrected chi connectivity index (χ4v) is 1.46. The number of aliphatic hydroxyl groups is 2. The molecule has 1 atom stereocenters. The van der Waals surface area contributed by atoms with Gasteiger partial charge in [0, 0.05) is 0 Å². The van der Waals surface area contributed by atoms with Crippen LogP contribution < -0.4 is 0 Å². The molecule has 17 heavy (non-hydrogen) atoms. The molecule has 0 bridgehead atoms. The molecule has 0 aliphatic carbocycles. The van der Waals surface area contributed by atoms with Crippen LogP contribution in [0.4, 0.5) is 0 Å². The van der Waals surface area contributed by atoms with Gasteiger partial charge in [-0.1, -0.05) is 6.92 Å². The highest BCUT2D eigenvalue weighted by Crippen LogP contribution is 2.28. The van der Waals surface area contributed by atoms with Crippen molar-refractivity contribution in [2.45, 2.75) is 33.3 Å². The van der Waals surface area contributed by atoms with Crippen molar-refractivity contribution < 1.29 is 29.3 Å². The topological polar surface area (TPSA) is 93.1 Å². The Morgan fingerprint density at radius 2 is 1.53 bits per heavy atom. The molecule has 0 radical (unpaired) electrons. The molecular weight excluding hydrogens is 228 g/mol. The van der Waals surface area contributed by atoms with Crippen LogP contribution in [0, 0.1) is 5.41 Å². The second-order valence-electron chi connectivity index (χ2n) is 3.49. The number of rotatable bonds is 7. The lowest BCUT2D eigenvalue weighted by atomic mass is 9.81. The third-order valence-corrected chi connectivity index (χ3v) is 2.48. The van der Waals surface area contributed by atoms with Crippen LogP contribution in [-0.2, 0) is 19.1 Å². The van der Waals surface area contributed by atoms with Gasteiger partial charge in [-0.3, -0.25) is 9.59 Å². The summed E-state index contributed by atoms with van der Waals surface area (Å²) in [4.78, 5) is 23.5. The van der Waals surface area contributed by atoms with E-state index in [-0.39, 0.29) is 19.6 Å². The molecule has 0 amide bonds. The van der Waals surface area contributed by atoms with E-state index in [1.807, 2.05) is 0 Å². The van der Waals surface area contributed by atoms with Gasteiger partial charge in [0.25, 0.3) is 0 Å². The van der Waals surface area contributed by atoms with E-state index in [1.54, 1.807) is 20.8 Å². The minimum atomic E-state index is -2.04. The maximum Gasteiger partial charge on any atom is 0.328 e. The molecule has 0 aliphatic heterocycles. The molecule has 6 nitrogen and oxygen atoms in total. The Morgan fingerprint density at radius 1 is 1.12 bits per heavy atom. The van der Waals surface area contributed by atoms with Crippen molar-refractivity contribution in [2.24, 2.45) is 5.41 Å². The van der Waals surface area contributed by atoms with Gasteiger partial charge >= 0.3 is 11.9 Å². The number of ether oxygens (including phenoxy) is 2. The Kier molecular flexibility index (Phi) is 6.75. The van der Waals surface area contributed by atoms with Crippen LogP contribution >= 0.6 is 0 Å². The Balaban J connectivity index is 5.28. The van der Waals surface area contributed by atoms with Gasteiger partial charge in [-0.2, -0.15) is 0 Å². The fraction of sp³-hybridized carbons (Fsp3) is 0.818. The SMILES string of the molecule is CCOC(=O)C(CO)(C(=O)OCC)C(O)CC. The van der Waals surface area contributed by atoms with E-state index < -0.39 is 30.1 Å². The molecule has 0 aromatic carbocycles. The van der Waals surface area contributed by atoms with Crippen molar-refractivity contribution in [3.05, 3.63) is 0 Å². The van der Waals surface area contributed by atoms with Gasteiger partial charge < -0.3 is 19.7 Å². The summed E-state index contributed by atoms with van der Waals surface area (Å²) in [5, 5.41) is 19.1. The van der Waals surface area contributed by atoms with E-state index in [1.165, 1.54) is 0 Å². The molecule has 0 fully saturated rings. The minimum Gasteiger partial charge on any atom is -0.465 e. The van der Waals surface area contributed by atoms with Crippen molar-refractivity contribution in [1.82, 2.24) is 0 Å². The number of carbonyl (C=O) groups is 2. The Bertz CT molecular complexity index is 245. The predicted molar refractivity (Wildman–Crippen MR) is 59.1 cm³/mol. The second-order valence-corrected chi connectivity index (χ2v) is 3.49. The third kappa shape index (κ3) is 3.17. The quantitative estimate of drug-likeness (QED) is 0.481. The first-order valence-electron chi connectivity index (χ1n) is 5.64. The van der Waals surface area contributed by atoms with Crippen molar-refractivity contribution in [1.29, 1.82) is 0 Å². The zero-order valence-corrected chi connectivity index (χ0v) is 10.4. The third-order valence-electron chi connectivity index (χ3n) is 2.48. The minimum absolute atomic E-state index is 0.0520. The molecule has 2 N–H and O–H groups in total. The molecule has 0 saturated carbocycles. The summed E-state index contributed by atoms with van der Waals surface area (Å²) in [6.07, 6.45) is -1.22. The Hall–Kier alpha value is -1.14. The zero-order valence-electron chi connectivity index (χ0n) is 10.4. The van der Waals surface area contributed by atoms with Crippen LogP contribution in [0.3, 0.4) is 0 Å². The maximum atomic E-state index is 11.8. The van der Waals surface area contributed by atoms with Gasteiger partial charge in [-0.15, -0.1) is 0 Å². The van der Waals surface area contributed by atoms with Crippen LogP contribution in [0.2, 0.25) is 0 Å². The van der Waals surface area contributed by atoms with Crippen LogP contribution in [0.5, 0.6) is 0 Å². The molecule has 0 aromatic rings. The summed E-state index contributed by atoms with van der Waals surface area (Å²) in [6, 6.07) is 0. The molecule has 0 heterocycles. The van der Waals surface area contributed by atoms with Gasteiger partial charge in [-0.25, -0.2) is 0 Å². The lowest BCUT2D eigenvalue weighted by Gasteiger charge is -2.30.